The van der Waals surface area contributed by atoms with Crippen LogP contribution in [-0.4, -0.2) is 12.5 Å². The molecule has 0 fully saturated rings. The van der Waals surface area contributed by atoms with E-state index in [0.29, 0.717) is 11.4 Å². The molecule has 0 unspecified atom stereocenters. The van der Waals surface area contributed by atoms with Crippen LogP contribution >= 0.6 is 15.9 Å². The molecule has 2 rings (SSSR count). The van der Waals surface area contributed by atoms with E-state index in [-0.39, 0.29) is 12.5 Å². The molecule has 0 bridgehead atoms. The van der Waals surface area contributed by atoms with E-state index >= 15 is 0 Å². The summed E-state index contributed by atoms with van der Waals surface area (Å²) in [7, 11) is 0. The van der Waals surface area contributed by atoms with Crippen LogP contribution in [-0.2, 0) is 4.79 Å². The Bertz CT molecular complexity index is 796. The number of benzene rings is 2. The fraction of sp³-hybridized carbons (Fsp3) is 0.111. The van der Waals surface area contributed by atoms with Crippen LogP contribution in [0, 0.1) is 18.4 Å². The number of para-hydroxylation sites is 2. The topological polar surface area (TPSA) is 24.7 Å². The zero-order valence-electron chi connectivity index (χ0n) is 12.0. The minimum atomic E-state index is -0.139. The summed E-state index contributed by atoms with van der Waals surface area (Å²) in [6, 6.07) is 14.7. The van der Waals surface area contributed by atoms with Crippen molar-refractivity contribution in [2.24, 2.45) is 0 Å². The molecule has 0 aliphatic heterocycles. The van der Waals surface area contributed by atoms with Crippen LogP contribution in [0.3, 0.4) is 0 Å². The molecule has 0 saturated carbocycles. The van der Waals surface area contributed by atoms with Gasteiger partial charge in [0.1, 0.15) is 0 Å². The van der Waals surface area contributed by atoms with Crippen molar-refractivity contribution in [1.82, 2.24) is 0 Å². The molecule has 0 aliphatic carbocycles. The first-order valence-corrected chi connectivity index (χ1v) is 7.40. The number of carbonyl (C=O) groups excluding carboxylic acids is 1. The normalized spacial score (nSPS) is 9.32. The van der Waals surface area contributed by atoms with Crippen molar-refractivity contribution >= 4 is 33.2 Å². The van der Waals surface area contributed by atoms with E-state index in [0.717, 1.165) is 10.0 Å². The lowest BCUT2D eigenvalue weighted by Crippen LogP contribution is -2.28. The third-order valence-corrected chi connectivity index (χ3v) is 3.46. The molecule has 0 atom stereocenters. The minimum absolute atomic E-state index is 0.139. The maximum Gasteiger partial charge on any atom is 0.223 e. The Morgan fingerprint density at radius 2 is 2.05 bits per heavy atom. The second-order valence-corrected chi connectivity index (χ2v) is 5.43. The SMILES string of the molecule is [C-]#[N+]c1ccccc1N(CC#Cc1cccc(Br)c1)C(C)=O. The van der Waals surface area contributed by atoms with E-state index in [4.69, 9.17) is 6.57 Å². The Morgan fingerprint density at radius 3 is 2.73 bits per heavy atom. The average Bonchev–Trinajstić information content (AvgIpc) is 2.51. The van der Waals surface area contributed by atoms with Gasteiger partial charge in [-0.25, -0.2) is 4.85 Å². The predicted molar refractivity (Wildman–Crippen MR) is 91.8 cm³/mol. The number of nitrogens with zero attached hydrogens (tertiary/aromatic N) is 2. The highest BCUT2D eigenvalue weighted by atomic mass is 79.9. The van der Waals surface area contributed by atoms with Crippen molar-refractivity contribution in [2.45, 2.75) is 6.92 Å². The first-order chi connectivity index (χ1) is 10.6. The smallest absolute Gasteiger partial charge is 0.223 e. The maximum absolute atomic E-state index is 11.9. The average molecular weight is 353 g/mol. The lowest BCUT2D eigenvalue weighted by molar-refractivity contribution is -0.116. The number of halogens is 1. The molecule has 22 heavy (non-hydrogen) atoms. The highest BCUT2D eigenvalue weighted by molar-refractivity contribution is 9.10. The molecule has 1 amide bonds. The third kappa shape index (κ3) is 3.97. The molecular weight excluding hydrogens is 340 g/mol. The molecule has 0 radical (unpaired) electrons. The summed E-state index contributed by atoms with van der Waals surface area (Å²) in [5.74, 6) is 5.88. The quantitative estimate of drug-likeness (QED) is 0.580. The molecule has 0 N–H and O–H groups in total. The van der Waals surface area contributed by atoms with Gasteiger partial charge in [0.15, 0.2) is 0 Å². The van der Waals surface area contributed by atoms with Crippen LogP contribution in [0.25, 0.3) is 4.85 Å². The molecular formula is C18H13BrN2O. The van der Waals surface area contributed by atoms with Crippen LogP contribution in [0.5, 0.6) is 0 Å². The Morgan fingerprint density at radius 1 is 1.27 bits per heavy atom. The van der Waals surface area contributed by atoms with Crippen molar-refractivity contribution in [3.63, 3.8) is 0 Å². The van der Waals surface area contributed by atoms with Crippen LogP contribution in [0.1, 0.15) is 12.5 Å². The number of rotatable bonds is 2. The van der Waals surface area contributed by atoms with Crippen molar-refractivity contribution in [3.8, 4) is 11.8 Å². The maximum atomic E-state index is 11.9. The first kappa shape index (κ1) is 15.8. The van der Waals surface area contributed by atoms with E-state index < -0.39 is 0 Å². The molecule has 0 heterocycles. The summed E-state index contributed by atoms with van der Waals surface area (Å²) in [5.41, 5.74) is 1.91. The molecule has 2 aromatic carbocycles. The van der Waals surface area contributed by atoms with Crippen molar-refractivity contribution in [3.05, 3.63) is 70.0 Å². The Kier molecular flexibility index (Phi) is 5.36. The minimum Gasteiger partial charge on any atom is -0.311 e. The number of carbonyl (C=O) groups is 1. The van der Waals surface area contributed by atoms with E-state index in [1.807, 2.05) is 30.3 Å². The number of hydrogen-bond donors (Lipinski definition) is 0. The molecule has 0 aliphatic rings. The van der Waals surface area contributed by atoms with E-state index in [1.165, 1.54) is 11.8 Å². The Hall–Kier alpha value is -2.56. The summed E-state index contributed by atoms with van der Waals surface area (Å²) in [5, 5.41) is 0. The van der Waals surface area contributed by atoms with E-state index in [1.54, 1.807) is 18.2 Å². The summed E-state index contributed by atoms with van der Waals surface area (Å²) >= 11 is 3.40. The van der Waals surface area contributed by atoms with Crippen molar-refractivity contribution in [1.29, 1.82) is 0 Å². The predicted octanol–water partition coefficient (Wildman–Crippen LogP) is 4.40. The number of amides is 1. The summed E-state index contributed by atoms with van der Waals surface area (Å²) < 4.78 is 0.959. The van der Waals surface area contributed by atoms with E-state index in [9.17, 15) is 4.79 Å². The van der Waals surface area contributed by atoms with Crippen LogP contribution < -0.4 is 4.90 Å². The largest absolute Gasteiger partial charge is 0.311 e. The standard InChI is InChI=1S/C18H13BrN2O/c1-14(22)21(18-11-4-3-10-17(18)20-2)12-6-8-15-7-5-9-16(19)13-15/h3-5,7,9-11,13H,12H2,1H3. The van der Waals surface area contributed by atoms with Crippen molar-refractivity contribution in [2.75, 3.05) is 11.4 Å². The van der Waals surface area contributed by atoms with Crippen LogP contribution in [0.2, 0.25) is 0 Å². The van der Waals surface area contributed by atoms with Gasteiger partial charge < -0.3 is 4.90 Å². The molecule has 108 valence electrons. The van der Waals surface area contributed by atoms with Gasteiger partial charge in [0.2, 0.25) is 11.6 Å². The highest BCUT2D eigenvalue weighted by Gasteiger charge is 2.13. The van der Waals surface area contributed by atoms with Gasteiger partial charge in [-0.15, -0.1) is 0 Å². The zero-order valence-corrected chi connectivity index (χ0v) is 13.6. The van der Waals surface area contributed by atoms with Gasteiger partial charge in [-0.3, -0.25) is 4.79 Å². The van der Waals surface area contributed by atoms with Crippen LogP contribution in [0.4, 0.5) is 11.4 Å². The van der Waals surface area contributed by atoms with Crippen LogP contribution in [0.15, 0.2) is 53.0 Å². The molecule has 0 aromatic heterocycles. The number of anilines is 1. The fourth-order valence-electron chi connectivity index (χ4n) is 1.94. The third-order valence-electron chi connectivity index (χ3n) is 2.97. The van der Waals surface area contributed by atoms with Gasteiger partial charge in [-0.05, 0) is 24.3 Å². The lowest BCUT2D eigenvalue weighted by atomic mass is 10.2. The summed E-state index contributed by atoms with van der Waals surface area (Å²) in [6.45, 7) is 8.92. The van der Waals surface area contributed by atoms with Gasteiger partial charge >= 0.3 is 0 Å². The Labute approximate surface area is 138 Å². The molecule has 3 nitrogen and oxygen atoms in total. The molecule has 0 spiro atoms. The number of hydrogen-bond acceptors (Lipinski definition) is 1. The second kappa shape index (κ2) is 7.45. The lowest BCUT2D eigenvalue weighted by Gasteiger charge is -2.19. The van der Waals surface area contributed by atoms with Gasteiger partial charge in [-0.2, -0.15) is 0 Å². The first-order valence-electron chi connectivity index (χ1n) is 6.61. The second-order valence-electron chi connectivity index (χ2n) is 4.52. The van der Waals surface area contributed by atoms with Crippen molar-refractivity contribution < 1.29 is 4.79 Å². The molecule has 4 heteroatoms. The summed E-state index contributed by atoms with van der Waals surface area (Å²) in [4.78, 5) is 16.8. The highest BCUT2D eigenvalue weighted by Crippen LogP contribution is 2.28. The molecule has 0 saturated heterocycles. The Balaban J connectivity index is 2.25. The zero-order chi connectivity index (χ0) is 15.9. The summed E-state index contributed by atoms with van der Waals surface area (Å²) in [6.07, 6.45) is 0. The van der Waals surface area contributed by atoms with Gasteiger partial charge in [-0.1, -0.05) is 52.0 Å². The molecule has 2 aromatic rings. The van der Waals surface area contributed by atoms with Gasteiger partial charge in [0, 0.05) is 17.0 Å². The van der Waals surface area contributed by atoms with E-state index in [2.05, 4.69) is 32.6 Å². The monoisotopic (exact) mass is 352 g/mol. The van der Waals surface area contributed by atoms with Gasteiger partial charge in [0.25, 0.3) is 0 Å². The fourth-order valence-corrected chi connectivity index (χ4v) is 2.34. The van der Waals surface area contributed by atoms with Gasteiger partial charge in [0.05, 0.1) is 18.8 Å².